The van der Waals surface area contributed by atoms with E-state index in [0.717, 1.165) is 47.9 Å². The smallest absolute Gasteiger partial charge is 0.262 e. The van der Waals surface area contributed by atoms with Crippen LogP contribution in [0, 0.1) is 11.3 Å². The van der Waals surface area contributed by atoms with Gasteiger partial charge in [0.25, 0.3) is 5.91 Å². The van der Waals surface area contributed by atoms with Gasteiger partial charge in [0.15, 0.2) is 0 Å². The van der Waals surface area contributed by atoms with Crippen LogP contribution >= 0.6 is 0 Å². The van der Waals surface area contributed by atoms with Crippen molar-refractivity contribution in [3.63, 3.8) is 0 Å². The highest BCUT2D eigenvalue weighted by Crippen LogP contribution is 2.24. The third-order valence-electron chi connectivity index (χ3n) is 5.52. The van der Waals surface area contributed by atoms with E-state index in [0.29, 0.717) is 13.2 Å². The lowest BCUT2D eigenvalue weighted by Crippen LogP contribution is -2.33. The molecule has 2 aromatic carbocycles. The van der Waals surface area contributed by atoms with Crippen LogP contribution in [0.25, 0.3) is 17.0 Å². The minimum Gasteiger partial charge on any atom is -0.492 e. The second-order valence-electron chi connectivity index (χ2n) is 7.58. The Bertz CT molecular complexity index is 1090. The van der Waals surface area contributed by atoms with Crippen molar-refractivity contribution in [3.8, 4) is 11.8 Å². The number of carbonyl (C=O) groups is 1. The van der Waals surface area contributed by atoms with Crippen LogP contribution in [-0.2, 0) is 11.3 Å². The van der Waals surface area contributed by atoms with E-state index in [1.807, 2.05) is 60.8 Å². The zero-order valence-electron chi connectivity index (χ0n) is 16.9. The number of nitriles is 1. The summed E-state index contributed by atoms with van der Waals surface area (Å²) in [6.45, 7) is 1.19. The van der Waals surface area contributed by atoms with Crippen LogP contribution in [0.5, 0.6) is 5.75 Å². The van der Waals surface area contributed by atoms with E-state index < -0.39 is 0 Å². The fourth-order valence-electron chi connectivity index (χ4n) is 3.99. The third kappa shape index (κ3) is 4.55. The summed E-state index contributed by atoms with van der Waals surface area (Å²) in [5, 5.41) is 13.6. The van der Waals surface area contributed by atoms with Crippen molar-refractivity contribution in [1.29, 1.82) is 5.26 Å². The molecule has 0 unspecified atom stereocenters. The minimum atomic E-state index is -0.284. The van der Waals surface area contributed by atoms with Gasteiger partial charge in [0.05, 0.1) is 6.54 Å². The summed E-state index contributed by atoms with van der Waals surface area (Å²) in [5.74, 6) is 0.554. The second-order valence-corrected chi connectivity index (χ2v) is 7.58. The quantitative estimate of drug-likeness (QED) is 0.463. The number of para-hydroxylation sites is 2. The normalized spacial score (nSPS) is 14.6. The summed E-state index contributed by atoms with van der Waals surface area (Å²) in [4.78, 5) is 12.6. The first kappa shape index (κ1) is 19.8. The van der Waals surface area contributed by atoms with Gasteiger partial charge in [-0.15, -0.1) is 0 Å². The zero-order chi connectivity index (χ0) is 20.8. The molecule has 1 fully saturated rings. The van der Waals surface area contributed by atoms with Crippen LogP contribution in [0.1, 0.15) is 31.2 Å². The van der Waals surface area contributed by atoms with Gasteiger partial charge in [-0.1, -0.05) is 49.2 Å². The van der Waals surface area contributed by atoms with E-state index >= 15 is 0 Å². The fraction of sp³-hybridized carbons (Fsp3) is 0.280. The average Bonchev–Trinajstić information content (AvgIpc) is 3.41. The van der Waals surface area contributed by atoms with Crippen LogP contribution in [0.15, 0.2) is 66.4 Å². The summed E-state index contributed by atoms with van der Waals surface area (Å²) in [5.41, 5.74) is 2.06. The molecule has 0 aliphatic heterocycles. The summed E-state index contributed by atoms with van der Waals surface area (Å²) in [6.07, 6.45) is 7.93. The lowest BCUT2D eigenvalue weighted by molar-refractivity contribution is -0.117. The van der Waals surface area contributed by atoms with Crippen molar-refractivity contribution in [1.82, 2.24) is 9.88 Å². The van der Waals surface area contributed by atoms with Crippen molar-refractivity contribution in [2.75, 3.05) is 6.61 Å². The minimum absolute atomic E-state index is 0.144. The molecule has 0 radical (unpaired) electrons. The number of carbonyl (C=O) groups excluding carboxylic acids is 1. The third-order valence-corrected chi connectivity index (χ3v) is 5.52. The molecule has 1 aliphatic carbocycles. The Kier molecular flexibility index (Phi) is 6.14. The van der Waals surface area contributed by atoms with E-state index in [1.165, 1.54) is 0 Å². The predicted molar refractivity (Wildman–Crippen MR) is 118 cm³/mol. The molecule has 4 rings (SSSR count). The molecular formula is C25H25N3O2. The fourth-order valence-corrected chi connectivity index (χ4v) is 3.99. The molecule has 152 valence electrons. The highest BCUT2D eigenvalue weighted by atomic mass is 16.5. The van der Waals surface area contributed by atoms with Gasteiger partial charge in [0, 0.05) is 28.7 Å². The molecule has 1 N–H and O–H groups in total. The van der Waals surface area contributed by atoms with Crippen molar-refractivity contribution in [2.24, 2.45) is 0 Å². The van der Waals surface area contributed by atoms with Crippen LogP contribution in [0.3, 0.4) is 0 Å². The van der Waals surface area contributed by atoms with E-state index in [-0.39, 0.29) is 17.5 Å². The van der Waals surface area contributed by atoms with Gasteiger partial charge in [0.1, 0.15) is 24.0 Å². The molecule has 30 heavy (non-hydrogen) atoms. The summed E-state index contributed by atoms with van der Waals surface area (Å²) in [7, 11) is 0. The number of nitrogens with one attached hydrogen (secondary N) is 1. The predicted octanol–water partition coefficient (Wildman–Crippen LogP) is 4.69. The largest absolute Gasteiger partial charge is 0.492 e. The molecule has 3 aromatic rings. The van der Waals surface area contributed by atoms with Gasteiger partial charge in [-0.3, -0.25) is 4.79 Å². The van der Waals surface area contributed by atoms with E-state index in [1.54, 1.807) is 6.08 Å². The molecule has 1 aliphatic rings. The summed E-state index contributed by atoms with van der Waals surface area (Å²) < 4.78 is 7.94. The molecule has 0 bridgehead atoms. The van der Waals surface area contributed by atoms with E-state index in [4.69, 9.17) is 4.74 Å². The number of benzene rings is 2. The van der Waals surface area contributed by atoms with Gasteiger partial charge < -0.3 is 14.6 Å². The molecule has 5 heteroatoms. The standard InChI is InChI=1S/C25H25N3O2/c26-17-19(25(29)27-21-8-4-5-9-21)16-20-18-28(24-13-7-6-12-23(20)24)14-15-30-22-10-2-1-3-11-22/h1-3,6-7,10-13,16,18,21H,4-5,8-9,14-15H2,(H,27,29)/b19-16+. The van der Waals surface area contributed by atoms with Crippen LogP contribution in [0.2, 0.25) is 0 Å². The van der Waals surface area contributed by atoms with Crippen LogP contribution < -0.4 is 10.1 Å². The van der Waals surface area contributed by atoms with Crippen LogP contribution in [0.4, 0.5) is 0 Å². The van der Waals surface area contributed by atoms with Crippen molar-refractivity contribution in [3.05, 3.63) is 71.9 Å². The maximum absolute atomic E-state index is 12.6. The van der Waals surface area contributed by atoms with Gasteiger partial charge in [-0.2, -0.15) is 5.26 Å². The van der Waals surface area contributed by atoms with Crippen molar-refractivity contribution < 1.29 is 9.53 Å². The monoisotopic (exact) mass is 399 g/mol. The molecule has 1 heterocycles. The topological polar surface area (TPSA) is 67.0 Å². The maximum Gasteiger partial charge on any atom is 0.262 e. The molecule has 1 saturated carbocycles. The first-order chi connectivity index (χ1) is 14.7. The van der Waals surface area contributed by atoms with Crippen molar-refractivity contribution in [2.45, 2.75) is 38.3 Å². The Morgan fingerprint density at radius 1 is 1.13 bits per heavy atom. The number of amides is 1. The Balaban J connectivity index is 1.54. The van der Waals surface area contributed by atoms with E-state index in [9.17, 15) is 10.1 Å². The number of hydrogen-bond acceptors (Lipinski definition) is 3. The van der Waals surface area contributed by atoms with Crippen molar-refractivity contribution >= 4 is 22.9 Å². The van der Waals surface area contributed by atoms with Crippen LogP contribution in [-0.4, -0.2) is 23.1 Å². The Hall–Kier alpha value is -3.52. The molecule has 5 nitrogen and oxygen atoms in total. The molecule has 1 amide bonds. The first-order valence-electron chi connectivity index (χ1n) is 10.4. The number of hydrogen-bond donors (Lipinski definition) is 1. The SMILES string of the molecule is N#C/C(=C\c1cn(CCOc2ccccc2)c2ccccc12)C(=O)NC1CCCC1. The first-order valence-corrected chi connectivity index (χ1v) is 10.4. The molecule has 0 atom stereocenters. The highest BCUT2D eigenvalue weighted by Gasteiger charge is 2.19. The summed E-state index contributed by atoms with van der Waals surface area (Å²) >= 11 is 0. The Morgan fingerprint density at radius 2 is 1.87 bits per heavy atom. The van der Waals surface area contributed by atoms with Gasteiger partial charge in [0.2, 0.25) is 0 Å². The lowest BCUT2D eigenvalue weighted by Gasteiger charge is -2.10. The Labute approximate surface area is 176 Å². The molecule has 0 saturated heterocycles. The van der Waals surface area contributed by atoms with Gasteiger partial charge in [-0.05, 0) is 37.1 Å². The average molecular weight is 399 g/mol. The highest BCUT2D eigenvalue weighted by molar-refractivity contribution is 6.04. The summed E-state index contributed by atoms with van der Waals surface area (Å²) in [6, 6.07) is 20.0. The lowest BCUT2D eigenvalue weighted by atomic mass is 10.1. The number of ether oxygens (including phenoxy) is 1. The number of aromatic nitrogens is 1. The van der Waals surface area contributed by atoms with Gasteiger partial charge >= 0.3 is 0 Å². The molecular weight excluding hydrogens is 374 g/mol. The molecule has 1 aromatic heterocycles. The molecule has 0 spiro atoms. The van der Waals surface area contributed by atoms with Gasteiger partial charge in [-0.25, -0.2) is 0 Å². The maximum atomic E-state index is 12.6. The number of nitrogens with zero attached hydrogens (tertiary/aromatic N) is 2. The number of rotatable bonds is 7. The second kappa shape index (κ2) is 9.32. The van der Waals surface area contributed by atoms with E-state index in [2.05, 4.69) is 16.0 Å². The number of fused-ring (bicyclic) bond motifs is 1. The Morgan fingerprint density at radius 3 is 2.63 bits per heavy atom. The zero-order valence-corrected chi connectivity index (χ0v) is 16.9.